The Labute approximate surface area is 91.6 Å². The Morgan fingerprint density at radius 3 is 2.40 bits per heavy atom. The van der Waals surface area contributed by atoms with Crippen LogP contribution in [-0.4, -0.2) is 44.3 Å². The molecular weight excluding hydrogens is 216 g/mol. The van der Waals surface area contributed by atoms with E-state index in [1.54, 1.807) is 7.11 Å². The van der Waals surface area contributed by atoms with Gasteiger partial charge < -0.3 is 9.84 Å². The topological polar surface area (TPSA) is 63.6 Å². The van der Waals surface area contributed by atoms with Crippen LogP contribution in [0.4, 0.5) is 0 Å². The maximum atomic E-state index is 10.9. The van der Waals surface area contributed by atoms with E-state index in [1.807, 2.05) is 0 Å². The third-order valence-corrected chi connectivity index (χ3v) is 4.24. The molecule has 1 unspecified atom stereocenters. The zero-order chi connectivity index (χ0) is 11.5. The van der Waals surface area contributed by atoms with Gasteiger partial charge in [0.05, 0.1) is 11.7 Å². The zero-order valence-corrected chi connectivity index (χ0v) is 10.2. The fraction of sp³-hybridized carbons (Fsp3) is 1.00. The van der Waals surface area contributed by atoms with Gasteiger partial charge in [-0.3, -0.25) is 0 Å². The first-order chi connectivity index (χ1) is 6.90. The largest absolute Gasteiger partial charge is 0.390 e. The number of sulfone groups is 1. The van der Waals surface area contributed by atoms with Crippen LogP contribution in [-0.2, 0) is 14.6 Å². The Hall–Kier alpha value is -0.130. The second kappa shape index (κ2) is 4.80. The summed E-state index contributed by atoms with van der Waals surface area (Å²) in [7, 11) is -1.30. The minimum absolute atomic E-state index is 0.143. The van der Waals surface area contributed by atoms with Crippen LogP contribution in [0.25, 0.3) is 0 Å². The molecule has 5 heteroatoms. The Morgan fingerprint density at radius 2 is 2.07 bits per heavy atom. The normalized spacial score (nSPS) is 22.1. The van der Waals surface area contributed by atoms with Crippen LogP contribution in [0.2, 0.25) is 0 Å². The molecule has 4 nitrogen and oxygen atoms in total. The molecule has 0 heterocycles. The Kier molecular flexibility index (Phi) is 4.14. The summed E-state index contributed by atoms with van der Waals surface area (Å²) < 4.78 is 27.1. The van der Waals surface area contributed by atoms with Crippen molar-refractivity contribution in [2.24, 2.45) is 0 Å². The van der Waals surface area contributed by atoms with Gasteiger partial charge in [0, 0.05) is 19.1 Å². The van der Waals surface area contributed by atoms with Crippen molar-refractivity contribution in [3.8, 4) is 0 Å². The van der Waals surface area contributed by atoms with Gasteiger partial charge in [-0.1, -0.05) is 0 Å². The van der Waals surface area contributed by atoms with E-state index in [0.29, 0.717) is 12.8 Å². The Balaban J connectivity index is 2.32. The molecule has 0 saturated heterocycles. The SMILES string of the molecule is COC1(C(O)CCCS(C)(=O)=O)CCC1. The second-order valence-electron chi connectivity index (χ2n) is 4.41. The predicted octanol–water partition coefficient (Wildman–Crippen LogP) is 0.741. The standard InChI is InChI=1S/C10H20O4S/c1-14-10(6-4-7-10)9(11)5-3-8-15(2,12)13/h9,11H,3-8H2,1-2H3. The van der Waals surface area contributed by atoms with E-state index in [1.165, 1.54) is 6.26 Å². The number of rotatable bonds is 6. The summed E-state index contributed by atoms with van der Waals surface area (Å²) in [4.78, 5) is 0. The monoisotopic (exact) mass is 236 g/mol. The van der Waals surface area contributed by atoms with Gasteiger partial charge in [-0.05, 0) is 32.1 Å². The molecule has 1 aliphatic carbocycles. The molecule has 0 radical (unpaired) electrons. The van der Waals surface area contributed by atoms with Crippen molar-refractivity contribution in [1.82, 2.24) is 0 Å². The molecule has 1 N–H and O–H groups in total. The molecule has 0 aromatic heterocycles. The lowest BCUT2D eigenvalue weighted by molar-refractivity contribution is -0.151. The molecule has 1 atom stereocenters. The first kappa shape index (κ1) is 12.9. The molecule has 1 aliphatic rings. The summed E-state index contributed by atoms with van der Waals surface area (Å²) in [6.07, 6.45) is 4.53. The number of hydrogen-bond donors (Lipinski definition) is 1. The van der Waals surface area contributed by atoms with Gasteiger partial charge in [-0.15, -0.1) is 0 Å². The molecule has 90 valence electrons. The van der Waals surface area contributed by atoms with Crippen molar-refractivity contribution < 1.29 is 18.3 Å². The van der Waals surface area contributed by atoms with Gasteiger partial charge in [0.2, 0.25) is 0 Å². The summed E-state index contributed by atoms with van der Waals surface area (Å²) in [6, 6.07) is 0. The highest BCUT2D eigenvalue weighted by atomic mass is 32.2. The predicted molar refractivity (Wildman–Crippen MR) is 58.5 cm³/mol. The lowest BCUT2D eigenvalue weighted by Crippen LogP contribution is -2.50. The summed E-state index contributed by atoms with van der Waals surface area (Å²) in [5.41, 5.74) is -0.391. The summed E-state index contributed by atoms with van der Waals surface area (Å²) in [5.74, 6) is 0.143. The van der Waals surface area contributed by atoms with Crippen molar-refractivity contribution in [3.63, 3.8) is 0 Å². The van der Waals surface area contributed by atoms with E-state index in [0.717, 1.165) is 19.3 Å². The van der Waals surface area contributed by atoms with Crippen molar-refractivity contribution >= 4 is 9.84 Å². The molecule has 0 amide bonds. The molecular formula is C10H20O4S. The van der Waals surface area contributed by atoms with E-state index in [4.69, 9.17) is 4.74 Å². The highest BCUT2D eigenvalue weighted by Crippen LogP contribution is 2.39. The second-order valence-corrected chi connectivity index (χ2v) is 6.67. The van der Waals surface area contributed by atoms with E-state index in [-0.39, 0.29) is 5.75 Å². The molecule has 0 aliphatic heterocycles. The molecule has 0 spiro atoms. The minimum atomic E-state index is -2.91. The average molecular weight is 236 g/mol. The molecule has 0 aromatic rings. The quantitative estimate of drug-likeness (QED) is 0.739. The minimum Gasteiger partial charge on any atom is -0.390 e. The fourth-order valence-corrected chi connectivity index (χ4v) is 2.69. The molecule has 0 bridgehead atoms. The number of methoxy groups -OCH3 is 1. The third-order valence-electron chi connectivity index (χ3n) is 3.21. The average Bonchev–Trinajstić information content (AvgIpc) is 2.00. The van der Waals surface area contributed by atoms with Gasteiger partial charge in [0.25, 0.3) is 0 Å². The van der Waals surface area contributed by atoms with Crippen LogP contribution in [0.3, 0.4) is 0 Å². The number of aliphatic hydroxyl groups excluding tert-OH is 1. The van der Waals surface area contributed by atoms with Crippen molar-refractivity contribution in [1.29, 1.82) is 0 Å². The molecule has 1 fully saturated rings. The lowest BCUT2D eigenvalue weighted by Gasteiger charge is -2.44. The van der Waals surface area contributed by atoms with E-state index < -0.39 is 21.5 Å². The van der Waals surface area contributed by atoms with Crippen LogP contribution >= 0.6 is 0 Å². The van der Waals surface area contributed by atoms with Gasteiger partial charge in [-0.2, -0.15) is 0 Å². The first-order valence-electron chi connectivity index (χ1n) is 5.30. The summed E-state index contributed by atoms with van der Waals surface area (Å²) in [5, 5.41) is 9.90. The van der Waals surface area contributed by atoms with Gasteiger partial charge in [0.15, 0.2) is 0 Å². The van der Waals surface area contributed by atoms with Gasteiger partial charge in [0.1, 0.15) is 9.84 Å². The van der Waals surface area contributed by atoms with Crippen molar-refractivity contribution in [2.45, 2.75) is 43.8 Å². The van der Waals surface area contributed by atoms with E-state index in [9.17, 15) is 13.5 Å². The molecule has 1 saturated carbocycles. The summed E-state index contributed by atoms with van der Waals surface area (Å²) in [6.45, 7) is 0. The van der Waals surface area contributed by atoms with Crippen molar-refractivity contribution in [2.75, 3.05) is 19.1 Å². The first-order valence-corrected chi connectivity index (χ1v) is 7.37. The molecule has 15 heavy (non-hydrogen) atoms. The maximum absolute atomic E-state index is 10.9. The van der Waals surface area contributed by atoms with Crippen LogP contribution in [0.15, 0.2) is 0 Å². The van der Waals surface area contributed by atoms with Crippen LogP contribution in [0.5, 0.6) is 0 Å². The highest BCUT2D eigenvalue weighted by molar-refractivity contribution is 7.90. The van der Waals surface area contributed by atoms with Crippen LogP contribution in [0.1, 0.15) is 32.1 Å². The third kappa shape index (κ3) is 3.43. The van der Waals surface area contributed by atoms with Crippen LogP contribution in [0, 0.1) is 0 Å². The van der Waals surface area contributed by atoms with Gasteiger partial charge >= 0.3 is 0 Å². The van der Waals surface area contributed by atoms with E-state index >= 15 is 0 Å². The zero-order valence-electron chi connectivity index (χ0n) is 9.40. The molecule has 0 aromatic carbocycles. The number of hydrogen-bond acceptors (Lipinski definition) is 4. The van der Waals surface area contributed by atoms with E-state index in [2.05, 4.69) is 0 Å². The summed E-state index contributed by atoms with van der Waals surface area (Å²) >= 11 is 0. The maximum Gasteiger partial charge on any atom is 0.147 e. The lowest BCUT2D eigenvalue weighted by atomic mass is 9.74. The fourth-order valence-electron chi connectivity index (χ4n) is 2.00. The smallest absolute Gasteiger partial charge is 0.147 e. The molecule has 1 rings (SSSR count). The Morgan fingerprint density at radius 1 is 1.47 bits per heavy atom. The van der Waals surface area contributed by atoms with Gasteiger partial charge in [-0.25, -0.2) is 8.42 Å². The van der Waals surface area contributed by atoms with Crippen LogP contribution < -0.4 is 0 Å². The number of aliphatic hydroxyl groups is 1. The number of ether oxygens (including phenoxy) is 1. The Bertz CT molecular complexity index is 287. The van der Waals surface area contributed by atoms with Crippen molar-refractivity contribution in [3.05, 3.63) is 0 Å². The highest BCUT2D eigenvalue weighted by Gasteiger charge is 2.43.